The zero-order valence-corrected chi connectivity index (χ0v) is 17.3. The predicted octanol–water partition coefficient (Wildman–Crippen LogP) is 3.52. The van der Waals surface area contributed by atoms with Crippen molar-refractivity contribution in [2.24, 2.45) is 5.73 Å². The van der Waals surface area contributed by atoms with Crippen LogP contribution in [0.3, 0.4) is 0 Å². The Bertz CT molecular complexity index is 981. The van der Waals surface area contributed by atoms with Gasteiger partial charge in [0.25, 0.3) is 0 Å². The summed E-state index contributed by atoms with van der Waals surface area (Å²) in [6, 6.07) is 13.2. The van der Waals surface area contributed by atoms with Gasteiger partial charge in [0.05, 0.1) is 26.7 Å². The average molecular weight is 411 g/mol. The fourth-order valence-corrected chi connectivity index (χ4v) is 3.45. The Labute approximate surface area is 175 Å². The number of methoxy groups -OCH3 is 1. The number of hydrogen-bond acceptors (Lipinski definition) is 7. The molecule has 7 nitrogen and oxygen atoms in total. The first kappa shape index (κ1) is 21.2. The summed E-state index contributed by atoms with van der Waals surface area (Å²) in [6.45, 7) is 3.85. The van der Waals surface area contributed by atoms with Crippen molar-refractivity contribution < 1.29 is 28.5 Å². The van der Waals surface area contributed by atoms with E-state index in [2.05, 4.69) is 0 Å². The van der Waals surface area contributed by atoms with Crippen LogP contribution in [-0.2, 0) is 19.1 Å². The fraction of sp³-hybridized carbons (Fsp3) is 0.304. The quantitative estimate of drug-likeness (QED) is 0.696. The number of benzene rings is 2. The molecule has 0 radical (unpaired) electrons. The Balaban J connectivity index is 2.07. The Morgan fingerprint density at radius 3 is 2.47 bits per heavy atom. The van der Waals surface area contributed by atoms with Crippen LogP contribution in [0.5, 0.6) is 11.5 Å². The number of rotatable bonds is 7. The zero-order valence-electron chi connectivity index (χ0n) is 17.3. The minimum absolute atomic E-state index is 0.0549. The van der Waals surface area contributed by atoms with Crippen LogP contribution >= 0.6 is 0 Å². The molecular formula is C23H25NO6. The van der Waals surface area contributed by atoms with Crippen molar-refractivity contribution in [3.63, 3.8) is 0 Å². The van der Waals surface area contributed by atoms with Crippen LogP contribution in [-0.4, -0.2) is 32.3 Å². The topological polar surface area (TPSA) is 97.1 Å². The lowest BCUT2D eigenvalue weighted by atomic mass is 9.84. The number of fused-ring (bicyclic) bond motifs is 1. The molecule has 3 rings (SSSR count). The van der Waals surface area contributed by atoms with Crippen LogP contribution in [0.1, 0.15) is 31.7 Å². The molecule has 7 heteroatoms. The molecule has 0 spiro atoms. The summed E-state index contributed by atoms with van der Waals surface area (Å²) in [7, 11) is 1.61. The highest BCUT2D eigenvalue weighted by atomic mass is 16.5. The van der Waals surface area contributed by atoms with E-state index < -0.39 is 17.9 Å². The molecule has 2 aromatic carbocycles. The van der Waals surface area contributed by atoms with Crippen LogP contribution in [0, 0.1) is 0 Å². The SMILES string of the molecule is CCOC(=O)CC1C(C(=O)OCC)=C(N)Oc2ccc(-c3cccc(OC)c3)cc21. The van der Waals surface area contributed by atoms with Crippen LogP contribution in [0.2, 0.25) is 0 Å². The third-order valence-electron chi connectivity index (χ3n) is 4.79. The van der Waals surface area contributed by atoms with Crippen LogP contribution < -0.4 is 15.2 Å². The van der Waals surface area contributed by atoms with Gasteiger partial charge in [0.15, 0.2) is 0 Å². The van der Waals surface area contributed by atoms with E-state index >= 15 is 0 Å². The van der Waals surface area contributed by atoms with Crippen LogP contribution in [0.15, 0.2) is 53.9 Å². The van der Waals surface area contributed by atoms with Gasteiger partial charge in [0.1, 0.15) is 17.1 Å². The highest BCUT2D eigenvalue weighted by Crippen LogP contribution is 2.42. The molecule has 1 aliphatic heterocycles. The molecule has 30 heavy (non-hydrogen) atoms. The lowest BCUT2D eigenvalue weighted by molar-refractivity contribution is -0.143. The average Bonchev–Trinajstić information content (AvgIpc) is 2.73. The summed E-state index contributed by atoms with van der Waals surface area (Å²) in [4.78, 5) is 24.9. The second-order valence-electron chi connectivity index (χ2n) is 6.65. The second kappa shape index (κ2) is 9.35. The number of ether oxygens (including phenoxy) is 4. The van der Waals surface area contributed by atoms with Crippen molar-refractivity contribution in [2.45, 2.75) is 26.2 Å². The smallest absolute Gasteiger partial charge is 0.340 e. The van der Waals surface area contributed by atoms with Gasteiger partial charge in [0, 0.05) is 11.5 Å². The Hall–Kier alpha value is -3.48. The second-order valence-corrected chi connectivity index (χ2v) is 6.65. The van der Waals surface area contributed by atoms with Crippen molar-refractivity contribution in [3.8, 4) is 22.6 Å². The normalized spacial score (nSPS) is 15.1. The van der Waals surface area contributed by atoms with E-state index in [0.717, 1.165) is 16.9 Å². The summed E-state index contributed by atoms with van der Waals surface area (Å²) < 4.78 is 21.3. The van der Waals surface area contributed by atoms with Crippen molar-refractivity contribution in [2.75, 3.05) is 20.3 Å². The molecule has 0 saturated carbocycles. The summed E-state index contributed by atoms with van der Waals surface area (Å²) in [6.07, 6.45) is -0.0549. The number of carbonyl (C=O) groups is 2. The Kier molecular flexibility index (Phi) is 6.61. The lowest BCUT2D eigenvalue weighted by Crippen LogP contribution is -2.28. The van der Waals surface area contributed by atoms with Gasteiger partial charge in [-0.05, 0) is 49.2 Å². The Morgan fingerprint density at radius 2 is 1.77 bits per heavy atom. The summed E-state index contributed by atoms with van der Waals surface area (Å²) >= 11 is 0. The summed E-state index contributed by atoms with van der Waals surface area (Å²) in [5.41, 5.74) is 8.64. The first-order valence-corrected chi connectivity index (χ1v) is 9.77. The maximum Gasteiger partial charge on any atom is 0.340 e. The molecule has 0 aliphatic carbocycles. The molecule has 0 saturated heterocycles. The molecule has 1 unspecified atom stereocenters. The lowest BCUT2D eigenvalue weighted by Gasteiger charge is -2.28. The third-order valence-corrected chi connectivity index (χ3v) is 4.79. The van der Waals surface area contributed by atoms with Gasteiger partial charge < -0.3 is 24.7 Å². The number of carbonyl (C=O) groups excluding carboxylic acids is 2. The maximum atomic E-state index is 12.6. The summed E-state index contributed by atoms with van der Waals surface area (Å²) in [5.74, 6) is -0.539. The molecule has 0 aromatic heterocycles. The van der Waals surface area contributed by atoms with Gasteiger partial charge in [-0.3, -0.25) is 4.79 Å². The first-order valence-electron chi connectivity index (χ1n) is 9.77. The highest BCUT2D eigenvalue weighted by Gasteiger charge is 2.36. The molecule has 158 valence electrons. The van der Waals surface area contributed by atoms with E-state index in [-0.39, 0.29) is 31.1 Å². The third kappa shape index (κ3) is 4.40. The minimum atomic E-state index is -0.641. The number of hydrogen-bond donors (Lipinski definition) is 1. The number of esters is 2. The number of nitrogens with two attached hydrogens (primary N) is 1. The molecule has 2 N–H and O–H groups in total. The monoisotopic (exact) mass is 411 g/mol. The van der Waals surface area contributed by atoms with Gasteiger partial charge >= 0.3 is 11.9 Å². The summed E-state index contributed by atoms with van der Waals surface area (Å²) in [5, 5.41) is 0. The molecule has 0 fully saturated rings. The molecule has 2 aromatic rings. The minimum Gasteiger partial charge on any atom is -0.497 e. The molecule has 1 heterocycles. The zero-order chi connectivity index (χ0) is 21.7. The van der Waals surface area contributed by atoms with Crippen LogP contribution in [0.4, 0.5) is 0 Å². The van der Waals surface area contributed by atoms with E-state index in [1.54, 1.807) is 27.0 Å². The van der Waals surface area contributed by atoms with E-state index in [1.165, 1.54) is 0 Å². The fourth-order valence-electron chi connectivity index (χ4n) is 3.45. The van der Waals surface area contributed by atoms with E-state index in [4.69, 9.17) is 24.7 Å². The van der Waals surface area contributed by atoms with E-state index in [1.807, 2.05) is 36.4 Å². The standard InChI is InChI=1S/C23H25NO6/c1-4-28-20(25)13-18-17-12-15(14-7-6-8-16(11-14)27-3)9-10-19(17)30-22(24)21(18)23(26)29-5-2/h6-12,18H,4-5,13,24H2,1-3H3. The van der Waals surface area contributed by atoms with Gasteiger partial charge in [-0.1, -0.05) is 18.2 Å². The van der Waals surface area contributed by atoms with Crippen molar-refractivity contribution in [3.05, 3.63) is 59.5 Å². The van der Waals surface area contributed by atoms with Crippen LogP contribution in [0.25, 0.3) is 11.1 Å². The molecule has 0 amide bonds. The maximum absolute atomic E-state index is 12.6. The predicted molar refractivity (Wildman–Crippen MR) is 111 cm³/mol. The van der Waals surface area contributed by atoms with Crippen molar-refractivity contribution >= 4 is 11.9 Å². The molecule has 1 aliphatic rings. The Morgan fingerprint density at radius 1 is 1.03 bits per heavy atom. The van der Waals surface area contributed by atoms with Gasteiger partial charge in [-0.15, -0.1) is 0 Å². The first-order chi connectivity index (χ1) is 14.5. The van der Waals surface area contributed by atoms with Crippen molar-refractivity contribution in [1.29, 1.82) is 0 Å². The molecular weight excluding hydrogens is 386 g/mol. The van der Waals surface area contributed by atoms with Crippen molar-refractivity contribution in [1.82, 2.24) is 0 Å². The van der Waals surface area contributed by atoms with E-state index in [9.17, 15) is 9.59 Å². The van der Waals surface area contributed by atoms with Gasteiger partial charge in [-0.2, -0.15) is 0 Å². The van der Waals surface area contributed by atoms with Gasteiger partial charge in [0.2, 0.25) is 5.88 Å². The van der Waals surface area contributed by atoms with Gasteiger partial charge in [-0.25, -0.2) is 4.79 Å². The molecule has 1 atom stereocenters. The highest BCUT2D eigenvalue weighted by molar-refractivity contribution is 5.93. The van der Waals surface area contributed by atoms with E-state index in [0.29, 0.717) is 11.3 Å². The molecule has 0 bridgehead atoms. The largest absolute Gasteiger partial charge is 0.497 e.